The molecular formula is C20H20N4O3. The van der Waals surface area contributed by atoms with E-state index in [1.54, 1.807) is 24.3 Å². The van der Waals surface area contributed by atoms with E-state index in [4.69, 9.17) is 4.74 Å². The normalized spacial score (nSPS) is 10.7. The first-order chi connectivity index (χ1) is 12.9. The summed E-state index contributed by atoms with van der Waals surface area (Å²) in [4.78, 5) is 24.8. The van der Waals surface area contributed by atoms with Gasteiger partial charge in [-0.15, -0.1) is 5.10 Å². The minimum atomic E-state index is -0.550. The van der Waals surface area contributed by atoms with Gasteiger partial charge in [0.1, 0.15) is 6.33 Å². The summed E-state index contributed by atoms with van der Waals surface area (Å²) in [5.41, 5.74) is 5.73. The van der Waals surface area contributed by atoms with E-state index in [0.29, 0.717) is 16.8 Å². The molecule has 1 heterocycles. The fourth-order valence-corrected chi connectivity index (χ4v) is 3.03. The molecule has 0 N–H and O–H groups in total. The lowest BCUT2D eigenvalue weighted by molar-refractivity contribution is 0.0474. The van der Waals surface area contributed by atoms with Crippen molar-refractivity contribution in [2.45, 2.75) is 27.7 Å². The smallest absolute Gasteiger partial charge is 0.338 e. The Labute approximate surface area is 157 Å². The maximum atomic E-state index is 12.6. The highest BCUT2D eigenvalue weighted by Gasteiger charge is 2.18. The lowest BCUT2D eigenvalue weighted by Gasteiger charge is -2.14. The van der Waals surface area contributed by atoms with Crippen LogP contribution >= 0.6 is 0 Å². The Morgan fingerprint density at radius 1 is 1.00 bits per heavy atom. The fourth-order valence-electron chi connectivity index (χ4n) is 3.03. The van der Waals surface area contributed by atoms with Gasteiger partial charge in [-0.25, -0.2) is 9.48 Å². The molecule has 0 saturated heterocycles. The predicted octanol–water partition coefficient (Wildman–Crippen LogP) is 2.94. The summed E-state index contributed by atoms with van der Waals surface area (Å²) in [7, 11) is 0. The number of ether oxygens (including phenoxy) is 1. The molecule has 0 saturated carbocycles. The summed E-state index contributed by atoms with van der Waals surface area (Å²) < 4.78 is 6.70. The monoisotopic (exact) mass is 364 g/mol. The van der Waals surface area contributed by atoms with Crippen molar-refractivity contribution in [3.8, 4) is 5.69 Å². The zero-order valence-electron chi connectivity index (χ0n) is 15.7. The Kier molecular flexibility index (Phi) is 5.12. The van der Waals surface area contributed by atoms with Crippen LogP contribution in [0.1, 0.15) is 43.0 Å². The van der Waals surface area contributed by atoms with E-state index < -0.39 is 5.97 Å². The van der Waals surface area contributed by atoms with E-state index in [9.17, 15) is 9.59 Å². The van der Waals surface area contributed by atoms with Crippen molar-refractivity contribution < 1.29 is 14.3 Å². The van der Waals surface area contributed by atoms with E-state index in [0.717, 1.165) is 22.3 Å². The molecule has 27 heavy (non-hydrogen) atoms. The molecule has 0 unspecified atom stereocenters. The molecule has 0 aliphatic carbocycles. The Morgan fingerprint density at radius 2 is 1.70 bits per heavy atom. The summed E-state index contributed by atoms with van der Waals surface area (Å²) in [6.45, 7) is 7.52. The van der Waals surface area contributed by atoms with Gasteiger partial charge >= 0.3 is 5.97 Å². The van der Waals surface area contributed by atoms with Gasteiger partial charge in [-0.05, 0) is 84.6 Å². The number of carbonyl (C=O) groups excluding carboxylic acids is 2. The summed E-state index contributed by atoms with van der Waals surface area (Å²) >= 11 is 0. The number of aromatic nitrogens is 4. The van der Waals surface area contributed by atoms with Crippen molar-refractivity contribution in [1.82, 2.24) is 20.2 Å². The van der Waals surface area contributed by atoms with Crippen LogP contribution in [0.25, 0.3) is 5.69 Å². The molecule has 3 aromatic rings. The second-order valence-electron chi connectivity index (χ2n) is 6.44. The molecule has 7 heteroatoms. The molecule has 0 fully saturated rings. The van der Waals surface area contributed by atoms with Crippen molar-refractivity contribution in [2.75, 3.05) is 6.61 Å². The quantitative estimate of drug-likeness (QED) is 0.511. The van der Waals surface area contributed by atoms with Gasteiger partial charge in [-0.2, -0.15) is 0 Å². The summed E-state index contributed by atoms with van der Waals surface area (Å²) in [5.74, 6) is -0.752. The van der Waals surface area contributed by atoms with E-state index in [1.165, 1.54) is 11.0 Å². The van der Waals surface area contributed by atoms with E-state index in [1.807, 2.05) is 33.8 Å². The van der Waals surface area contributed by atoms with Crippen molar-refractivity contribution in [3.63, 3.8) is 0 Å². The van der Waals surface area contributed by atoms with Crippen LogP contribution in [0.3, 0.4) is 0 Å². The summed E-state index contributed by atoms with van der Waals surface area (Å²) in [6, 6.07) is 8.60. The minimum Gasteiger partial charge on any atom is -0.454 e. The number of tetrazole rings is 1. The molecule has 0 spiro atoms. The lowest BCUT2D eigenvalue weighted by atomic mass is 9.92. The van der Waals surface area contributed by atoms with Gasteiger partial charge < -0.3 is 4.74 Å². The van der Waals surface area contributed by atoms with Crippen LogP contribution < -0.4 is 0 Å². The third-order valence-corrected chi connectivity index (χ3v) is 4.69. The third kappa shape index (κ3) is 3.76. The Morgan fingerprint density at radius 3 is 2.33 bits per heavy atom. The molecule has 3 rings (SSSR count). The summed E-state index contributed by atoms with van der Waals surface area (Å²) in [5, 5.41) is 10.9. The van der Waals surface area contributed by atoms with Gasteiger partial charge in [-0.1, -0.05) is 6.07 Å². The number of esters is 1. The first kappa shape index (κ1) is 18.4. The average Bonchev–Trinajstić information content (AvgIpc) is 3.19. The third-order valence-electron chi connectivity index (χ3n) is 4.69. The largest absolute Gasteiger partial charge is 0.454 e. The number of carbonyl (C=O) groups is 2. The maximum Gasteiger partial charge on any atom is 0.338 e. The zero-order chi connectivity index (χ0) is 19.6. The molecule has 0 radical (unpaired) electrons. The number of benzene rings is 2. The molecule has 1 aromatic heterocycles. The molecule has 0 amide bonds. The van der Waals surface area contributed by atoms with E-state index in [2.05, 4.69) is 15.5 Å². The van der Waals surface area contributed by atoms with Crippen LogP contribution in [0.2, 0.25) is 0 Å². The van der Waals surface area contributed by atoms with Gasteiger partial charge in [0.25, 0.3) is 0 Å². The second kappa shape index (κ2) is 7.49. The van der Waals surface area contributed by atoms with Gasteiger partial charge in [0.15, 0.2) is 6.61 Å². The molecule has 0 aliphatic rings. The fraction of sp³-hybridized carbons (Fsp3) is 0.250. The minimum absolute atomic E-state index is 0.202. The molecule has 0 atom stereocenters. The van der Waals surface area contributed by atoms with Crippen molar-refractivity contribution in [2.24, 2.45) is 0 Å². The number of nitrogens with zero attached hydrogens (tertiary/aromatic N) is 4. The highest BCUT2D eigenvalue weighted by molar-refractivity contribution is 6.01. The number of rotatable bonds is 5. The lowest BCUT2D eigenvalue weighted by Crippen LogP contribution is -2.17. The van der Waals surface area contributed by atoms with Crippen molar-refractivity contribution in [3.05, 3.63) is 70.0 Å². The zero-order valence-corrected chi connectivity index (χ0v) is 15.7. The van der Waals surface area contributed by atoms with Crippen LogP contribution in [0.4, 0.5) is 0 Å². The molecular weight excluding hydrogens is 344 g/mol. The Balaban J connectivity index is 1.69. The molecule has 0 aliphatic heterocycles. The van der Waals surface area contributed by atoms with Crippen LogP contribution in [0, 0.1) is 27.7 Å². The molecule has 7 nitrogen and oxygen atoms in total. The van der Waals surface area contributed by atoms with E-state index >= 15 is 0 Å². The van der Waals surface area contributed by atoms with Gasteiger partial charge in [0.2, 0.25) is 5.78 Å². The summed E-state index contributed by atoms with van der Waals surface area (Å²) in [6.07, 6.45) is 1.46. The molecule has 0 bridgehead atoms. The Hall–Kier alpha value is -3.35. The highest BCUT2D eigenvalue weighted by Crippen LogP contribution is 2.22. The second-order valence-corrected chi connectivity index (χ2v) is 6.44. The van der Waals surface area contributed by atoms with Gasteiger partial charge in [0.05, 0.1) is 11.3 Å². The first-order valence-corrected chi connectivity index (χ1v) is 8.49. The van der Waals surface area contributed by atoms with Crippen molar-refractivity contribution >= 4 is 11.8 Å². The van der Waals surface area contributed by atoms with E-state index in [-0.39, 0.29) is 12.4 Å². The topological polar surface area (TPSA) is 87.0 Å². The van der Waals surface area contributed by atoms with Gasteiger partial charge in [-0.3, -0.25) is 4.79 Å². The van der Waals surface area contributed by atoms with Crippen LogP contribution in [0.5, 0.6) is 0 Å². The number of hydrogen-bond acceptors (Lipinski definition) is 6. The number of ketones is 1. The van der Waals surface area contributed by atoms with Crippen LogP contribution in [-0.4, -0.2) is 38.6 Å². The Bertz CT molecular complexity index is 993. The van der Waals surface area contributed by atoms with Gasteiger partial charge in [0, 0.05) is 5.56 Å². The highest BCUT2D eigenvalue weighted by atomic mass is 16.5. The standard InChI is InChI=1S/C20H20N4O3/c1-12-9-13(2)19(15(4)14(12)3)18(25)10-27-20(26)16-5-7-17(8-6-16)24-11-21-22-23-24/h5-9,11H,10H2,1-4H3. The predicted molar refractivity (Wildman–Crippen MR) is 99.2 cm³/mol. The molecule has 2 aromatic carbocycles. The van der Waals surface area contributed by atoms with Crippen LogP contribution in [0.15, 0.2) is 36.7 Å². The average molecular weight is 364 g/mol. The molecule has 138 valence electrons. The number of hydrogen-bond donors (Lipinski definition) is 0. The SMILES string of the molecule is Cc1cc(C)c(C(=O)COC(=O)c2ccc(-n3cnnn3)cc2)c(C)c1C. The first-order valence-electron chi connectivity index (χ1n) is 8.49. The number of aryl methyl sites for hydroxylation is 2. The maximum absolute atomic E-state index is 12.6. The van der Waals surface area contributed by atoms with Crippen molar-refractivity contribution in [1.29, 1.82) is 0 Å². The number of Topliss-reactive ketones (excluding diaryl/α,β-unsaturated/α-hetero) is 1. The van der Waals surface area contributed by atoms with Crippen LogP contribution in [-0.2, 0) is 4.74 Å².